The molecule has 0 unspecified atom stereocenters. The van der Waals surface area contributed by atoms with Crippen molar-refractivity contribution in [3.8, 4) is 0 Å². The number of rotatable bonds is 4. The van der Waals surface area contributed by atoms with Crippen molar-refractivity contribution in [3.05, 3.63) is 29.3 Å². The summed E-state index contributed by atoms with van der Waals surface area (Å²) in [6, 6.07) is 0.626. The molecule has 0 saturated heterocycles. The Morgan fingerprint density at radius 3 is 2.94 bits per heavy atom. The molecule has 0 bridgehead atoms. The number of hydrogen-bond acceptors (Lipinski definition) is 3. The van der Waals surface area contributed by atoms with Crippen molar-refractivity contribution in [3.63, 3.8) is 0 Å². The largest absolute Gasteiger partial charge is 0.353 e. The first-order valence-electron chi connectivity index (χ1n) is 6.01. The first-order chi connectivity index (χ1) is 8.22. The van der Waals surface area contributed by atoms with E-state index in [9.17, 15) is 0 Å². The second-order valence-corrected chi connectivity index (χ2v) is 4.77. The van der Waals surface area contributed by atoms with Crippen LogP contribution in [-0.2, 0) is 6.54 Å². The molecule has 0 aliphatic heterocycles. The van der Waals surface area contributed by atoms with E-state index < -0.39 is 0 Å². The van der Waals surface area contributed by atoms with Gasteiger partial charge in [-0.1, -0.05) is 0 Å². The van der Waals surface area contributed by atoms with Crippen molar-refractivity contribution in [2.45, 2.75) is 39.3 Å². The fourth-order valence-corrected chi connectivity index (χ4v) is 1.91. The lowest BCUT2D eigenvalue weighted by atomic mass is 10.2. The molecule has 1 aliphatic carbocycles. The van der Waals surface area contributed by atoms with Gasteiger partial charge in [-0.2, -0.15) is 5.10 Å². The van der Waals surface area contributed by atoms with Gasteiger partial charge >= 0.3 is 0 Å². The molecular weight excluding hydrogens is 214 g/mol. The van der Waals surface area contributed by atoms with Crippen molar-refractivity contribution in [2.24, 2.45) is 0 Å². The lowest BCUT2D eigenvalue weighted by Gasteiger charge is -2.08. The summed E-state index contributed by atoms with van der Waals surface area (Å²) in [7, 11) is 0. The molecule has 2 heterocycles. The maximum atomic E-state index is 4.52. The van der Waals surface area contributed by atoms with Crippen molar-refractivity contribution in [2.75, 3.05) is 5.32 Å². The van der Waals surface area contributed by atoms with Crippen LogP contribution in [0.1, 0.15) is 29.8 Å². The first-order valence-corrected chi connectivity index (χ1v) is 6.01. The summed E-state index contributed by atoms with van der Waals surface area (Å²) in [5.41, 5.74) is 3.38. The van der Waals surface area contributed by atoms with Crippen LogP contribution in [0.2, 0.25) is 0 Å². The van der Waals surface area contributed by atoms with Crippen molar-refractivity contribution in [1.29, 1.82) is 0 Å². The minimum atomic E-state index is 0.626. The minimum absolute atomic E-state index is 0.626. The van der Waals surface area contributed by atoms with Crippen LogP contribution in [0.3, 0.4) is 0 Å². The standard InChI is InChI=1S/C12H17N5/c1-8-6-17(7-10-5-13-16-9(10)2)12(14-8)15-11-3-4-11/h5-6,11H,3-4,7H2,1-2H3,(H,13,16)(H,14,15). The van der Waals surface area contributed by atoms with Gasteiger partial charge in [0.05, 0.1) is 18.4 Å². The lowest BCUT2D eigenvalue weighted by Crippen LogP contribution is -2.09. The number of aromatic amines is 1. The molecule has 1 aliphatic rings. The monoisotopic (exact) mass is 231 g/mol. The molecule has 0 aromatic carbocycles. The molecule has 90 valence electrons. The normalized spacial score (nSPS) is 15.2. The molecular formula is C12H17N5. The minimum Gasteiger partial charge on any atom is -0.353 e. The molecule has 0 amide bonds. The van der Waals surface area contributed by atoms with Gasteiger partial charge in [-0.25, -0.2) is 4.98 Å². The Hall–Kier alpha value is -1.78. The van der Waals surface area contributed by atoms with Gasteiger partial charge in [0.25, 0.3) is 0 Å². The molecule has 2 N–H and O–H groups in total. The quantitative estimate of drug-likeness (QED) is 0.844. The zero-order valence-electron chi connectivity index (χ0n) is 10.2. The summed E-state index contributed by atoms with van der Waals surface area (Å²) in [4.78, 5) is 4.52. The maximum absolute atomic E-state index is 4.52. The highest BCUT2D eigenvalue weighted by atomic mass is 15.2. The third-order valence-electron chi connectivity index (χ3n) is 3.08. The second-order valence-electron chi connectivity index (χ2n) is 4.77. The highest BCUT2D eigenvalue weighted by molar-refractivity contribution is 5.33. The molecule has 0 radical (unpaired) electrons. The van der Waals surface area contributed by atoms with Crippen LogP contribution in [0.5, 0.6) is 0 Å². The number of nitrogens with zero attached hydrogens (tertiary/aromatic N) is 3. The molecule has 2 aromatic rings. The van der Waals surface area contributed by atoms with E-state index in [4.69, 9.17) is 0 Å². The van der Waals surface area contributed by atoms with E-state index in [1.54, 1.807) is 0 Å². The van der Waals surface area contributed by atoms with Crippen LogP contribution in [0.4, 0.5) is 5.95 Å². The van der Waals surface area contributed by atoms with E-state index in [1.807, 2.05) is 20.0 Å². The SMILES string of the molecule is Cc1cn(Cc2cn[nH]c2C)c(NC2CC2)n1. The van der Waals surface area contributed by atoms with Crippen LogP contribution in [0, 0.1) is 13.8 Å². The Morgan fingerprint density at radius 2 is 2.29 bits per heavy atom. The number of nitrogens with one attached hydrogen (secondary N) is 2. The van der Waals surface area contributed by atoms with Gasteiger partial charge in [-0.3, -0.25) is 5.10 Å². The van der Waals surface area contributed by atoms with Crippen LogP contribution in [0.25, 0.3) is 0 Å². The number of imidazole rings is 1. The first kappa shape index (κ1) is 10.4. The molecule has 0 spiro atoms. The summed E-state index contributed by atoms with van der Waals surface area (Å²) < 4.78 is 2.16. The zero-order chi connectivity index (χ0) is 11.8. The van der Waals surface area contributed by atoms with Gasteiger partial charge in [0.15, 0.2) is 0 Å². The Balaban J connectivity index is 1.83. The second kappa shape index (κ2) is 3.91. The molecule has 0 atom stereocenters. The highest BCUT2D eigenvalue weighted by Gasteiger charge is 2.23. The van der Waals surface area contributed by atoms with Crippen LogP contribution in [-0.4, -0.2) is 25.8 Å². The Morgan fingerprint density at radius 1 is 1.47 bits per heavy atom. The smallest absolute Gasteiger partial charge is 0.203 e. The predicted molar refractivity (Wildman–Crippen MR) is 66.0 cm³/mol. The van der Waals surface area contributed by atoms with Crippen LogP contribution in [0.15, 0.2) is 12.4 Å². The van der Waals surface area contributed by atoms with Gasteiger partial charge < -0.3 is 9.88 Å². The van der Waals surface area contributed by atoms with Crippen molar-refractivity contribution in [1.82, 2.24) is 19.7 Å². The maximum Gasteiger partial charge on any atom is 0.203 e. The summed E-state index contributed by atoms with van der Waals surface area (Å²) >= 11 is 0. The van der Waals surface area contributed by atoms with E-state index in [0.717, 1.165) is 23.9 Å². The average molecular weight is 231 g/mol. The van der Waals surface area contributed by atoms with Gasteiger partial charge in [-0.05, 0) is 26.7 Å². The molecule has 5 heteroatoms. The molecule has 17 heavy (non-hydrogen) atoms. The number of hydrogen-bond donors (Lipinski definition) is 2. The summed E-state index contributed by atoms with van der Waals surface area (Å²) in [6.45, 7) is 4.88. The molecule has 1 fully saturated rings. The number of aryl methyl sites for hydroxylation is 2. The van der Waals surface area contributed by atoms with E-state index in [1.165, 1.54) is 18.4 Å². The van der Waals surface area contributed by atoms with E-state index >= 15 is 0 Å². The van der Waals surface area contributed by atoms with Crippen molar-refractivity contribution < 1.29 is 0 Å². The third-order valence-corrected chi connectivity index (χ3v) is 3.08. The topological polar surface area (TPSA) is 58.5 Å². The molecule has 1 saturated carbocycles. The molecule has 2 aromatic heterocycles. The summed E-state index contributed by atoms with van der Waals surface area (Å²) in [5.74, 6) is 0.977. The highest BCUT2D eigenvalue weighted by Crippen LogP contribution is 2.24. The summed E-state index contributed by atoms with van der Waals surface area (Å²) in [5, 5.41) is 10.5. The Labute approximate surface area is 100 Å². The molecule has 3 rings (SSSR count). The molecule has 5 nitrogen and oxygen atoms in total. The summed E-state index contributed by atoms with van der Waals surface area (Å²) in [6.07, 6.45) is 6.48. The number of H-pyrrole nitrogens is 1. The fraction of sp³-hybridized carbons (Fsp3) is 0.500. The van der Waals surface area contributed by atoms with Gasteiger partial charge in [0.1, 0.15) is 0 Å². The lowest BCUT2D eigenvalue weighted by molar-refractivity contribution is 0.791. The van der Waals surface area contributed by atoms with E-state index in [0.29, 0.717) is 6.04 Å². The van der Waals surface area contributed by atoms with Gasteiger partial charge in [-0.15, -0.1) is 0 Å². The van der Waals surface area contributed by atoms with E-state index in [-0.39, 0.29) is 0 Å². The third kappa shape index (κ3) is 2.18. The fourth-order valence-electron chi connectivity index (χ4n) is 1.91. The van der Waals surface area contributed by atoms with E-state index in [2.05, 4.69) is 31.3 Å². The predicted octanol–water partition coefficient (Wildman–Crippen LogP) is 1.85. The van der Waals surface area contributed by atoms with Gasteiger partial charge in [0.2, 0.25) is 5.95 Å². The van der Waals surface area contributed by atoms with Crippen molar-refractivity contribution >= 4 is 5.95 Å². The Bertz CT molecular complexity index is 521. The average Bonchev–Trinajstić information content (AvgIpc) is 2.91. The van der Waals surface area contributed by atoms with Gasteiger partial charge in [0, 0.05) is 23.5 Å². The Kier molecular flexibility index (Phi) is 2.39. The zero-order valence-corrected chi connectivity index (χ0v) is 10.2. The van der Waals surface area contributed by atoms with Crippen LogP contribution >= 0.6 is 0 Å². The van der Waals surface area contributed by atoms with Crippen LogP contribution < -0.4 is 5.32 Å². The number of anilines is 1. The number of aromatic nitrogens is 4.